The number of nitrogens with one attached hydrogen (secondary N) is 1. The number of esters is 1. The molecule has 4 nitrogen and oxygen atoms in total. The molecule has 0 radical (unpaired) electrons. The van der Waals surface area contributed by atoms with E-state index < -0.39 is 0 Å². The van der Waals surface area contributed by atoms with E-state index >= 15 is 0 Å². The molecule has 1 aliphatic heterocycles. The lowest BCUT2D eigenvalue weighted by atomic mass is 10.2. The lowest BCUT2D eigenvalue weighted by molar-refractivity contribution is -0.144. The van der Waals surface area contributed by atoms with Crippen molar-refractivity contribution in [2.24, 2.45) is 0 Å². The van der Waals surface area contributed by atoms with Gasteiger partial charge in [0.1, 0.15) is 6.04 Å². The SMILES string of the molecule is COC(=O)C1CCCN1C(=S)NCc1ccccc1. The fraction of sp³-hybridized carbons (Fsp3) is 0.429. The quantitative estimate of drug-likeness (QED) is 0.673. The topological polar surface area (TPSA) is 41.6 Å². The predicted octanol–water partition coefficient (Wildman–Crippen LogP) is 1.70. The Morgan fingerprint density at radius 2 is 2.21 bits per heavy atom. The molecule has 0 saturated carbocycles. The maximum absolute atomic E-state index is 11.7. The molecule has 0 spiro atoms. The summed E-state index contributed by atoms with van der Waals surface area (Å²) in [5.41, 5.74) is 1.17. The highest BCUT2D eigenvalue weighted by Crippen LogP contribution is 2.18. The largest absolute Gasteiger partial charge is 0.467 e. The van der Waals surface area contributed by atoms with E-state index in [0.717, 1.165) is 19.4 Å². The molecule has 2 rings (SSSR count). The molecule has 1 unspecified atom stereocenters. The van der Waals surface area contributed by atoms with Gasteiger partial charge in [-0.2, -0.15) is 0 Å². The van der Waals surface area contributed by atoms with E-state index in [1.807, 2.05) is 35.2 Å². The van der Waals surface area contributed by atoms with Crippen molar-refractivity contribution in [2.45, 2.75) is 25.4 Å². The van der Waals surface area contributed by atoms with Crippen LogP contribution >= 0.6 is 12.2 Å². The van der Waals surface area contributed by atoms with Crippen molar-refractivity contribution in [3.8, 4) is 0 Å². The van der Waals surface area contributed by atoms with Crippen LogP contribution in [0.2, 0.25) is 0 Å². The van der Waals surface area contributed by atoms with Gasteiger partial charge in [0.15, 0.2) is 5.11 Å². The second-order valence-corrected chi connectivity index (χ2v) is 4.91. The molecule has 0 amide bonds. The molecule has 1 atom stereocenters. The first-order valence-electron chi connectivity index (χ1n) is 6.38. The average molecular weight is 278 g/mol. The highest BCUT2D eigenvalue weighted by molar-refractivity contribution is 7.80. The summed E-state index contributed by atoms with van der Waals surface area (Å²) < 4.78 is 4.81. The van der Waals surface area contributed by atoms with E-state index in [0.29, 0.717) is 11.7 Å². The van der Waals surface area contributed by atoms with Crippen molar-refractivity contribution in [1.29, 1.82) is 0 Å². The van der Waals surface area contributed by atoms with E-state index in [1.54, 1.807) is 0 Å². The van der Waals surface area contributed by atoms with E-state index in [1.165, 1.54) is 12.7 Å². The molecule has 1 aromatic carbocycles. The molecule has 1 aromatic rings. The summed E-state index contributed by atoms with van der Waals surface area (Å²) in [6, 6.07) is 9.81. The summed E-state index contributed by atoms with van der Waals surface area (Å²) in [7, 11) is 1.42. The molecule has 1 fully saturated rings. The van der Waals surface area contributed by atoms with Crippen molar-refractivity contribution in [3.63, 3.8) is 0 Å². The Morgan fingerprint density at radius 1 is 1.47 bits per heavy atom. The number of carbonyl (C=O) groups is 1. The van der Waals surface area contributed by atoms with Gasteiger partial charge in [-0.25, -0.2) is 4.79 Å². The van der Waals surface area contributed by atoms with Crippen molar-refractivity contribution < 1.29 is 9.53 Å². The minimum absolute atomic E-state index is 0.207. The molecular weight excluding hydrogens is 260 g/mol. The number of carbonyl (C=O) groups excluding carboxylic acids is 1. The summed E-state index contributed by atoms with van der Waals surface area (Å²) in [5.74, 6) is -0.207. The third kappa shape index (κ3) is 3.44. The molecule has 5 heteroatoms. The van der Waals surface area contributed by atoms with Crippen LogP contribution in [0.4, 0.5) is 0 Å². The van der Waals surface area contributed by atoms with Crippen LogP contribution in [0.25, 0.3) is 0 Å². The molecule has 102 valence electrons. The zero-order valence-electron chi connectivity index (χ0n) is 11.0. The zero-order valence-corrected chi connectivity index (χ0v) is 11.8. The van der Waals surface area contributed by atoms with Gasteiger partial charge in [-0.15, -0.1) is 0 Å². The molecular formula is C14H18N2O2S. The van der Waals surface area contributed by atoms with Crippen molar-refractivity contribution in [1.82, 2.24) is 10.2 Å². The van der Waals surface area contributed by atoms with Crippen LogP contribution in [0.15, 0.2) is 30.3 Å². The first kappa shape index (κ1) is 13.8. The summed E-state index contributed by atoms with van der Waals surface area (Å²) in [6.45, 7) is 1.48. The van der Waals surface area contributed by atoms with Gasteiger partial charge < -0.3 is 15.0 Å². The van der Waals surface area contributed by atoms with E-state index in [9.17, 15) is 4.79 Å². The molecule has 1 N–H and O–H groups in total. The minimum Gasteiger partial charge on any atom is -0.467 e. The van der Waals surface area contributed by atoms with Crippen LogP contribution in [-0.4, -0.2) is 35.7 Å². The highest BCUT2D eigenvalue weighted by Gasteiger charge is 2.32. The van der Waals surface area contributed by atoms with Gasteiger partial charge in [0.2, 0.25) is 0 Å². The van der Waals surface area contributed by atoms with Crippen LogP contribution < -0.4 is 5.32 Å². The van der Waals surface area contributed by atoms with Crippen LogP contribution in [0.1, 0.15) is 18.4 Å². The maximum Gasteiger partial charge on any atom is 0.328 e. The van der Waals surface area contributed by atoms with Gasteiger partial charge >= 0.3 is 5.97 Å². The average Bonchev–Trinajstić information content (AvgIpc) is 2.94. The minimum atomic E-state index is -0.235. The maximum atomic E-state index is 11.7. The summed E-state index contributed by atoms with van der Waals surface area (Å²) in [6.07, 6.45) is 1.77. The number of thiocarbonyl (C=S) groups is 1. The molecule has 0 bridgehead atoms. The second-order valence-electron chi connectivity index (χ2n) is 4.52. The Kier molecular flexibility index (Phi) is 4.74. The number of methoxy groups -OCH3 is 1. The van der Waals surface area contributed by atoms with E-state index in [-0.39, 0.29) is 12.0 Å². The third-order valence-electron chi connectivity index (χ3n) is 3.27. The summed E-state index contributed by atoms with van der Waals surface area (Å²) >= 11 is 5.36. The normalized spacial score (nSPS) is 18.2. The highest BCUT2D eigenvalue weighted by atomic mass is 32.1. The molecule has 0 aromatic heterocycles. The smallest absolute Gasteiger partial charge is 0.328 e. The Morgan fingerprint density at radius 3 is 2.89 bits per heavy atom. The number of nitrogens with zero attached hydrogens (tertiary/aromatic N) is 1. The molecule has 1 heterocycles. The molecule has 19 heavy (non-hydrogen) atoms. The summed E-state index contributed by atoms with van der Waals surface area (Å²) in [5, 5.41) is 3.82. The first-order chi connectivity index (χ1) is 9.22. The number of likely N-dealkylation sites (tertiary alicyclic amines) is 1. The Hall–Kier alpha value is -1.62. The van der Waals surface area contributed by atoms with Crippen molar-refractivity contribution >= 4 is 23.3 Å². The van der Waals surface area contributed by atoms with Crippen molar-refractivity contribution in [3.05, 3.63) is 35.9 Å². The Bertz CT molecular complexity index is 450. The number of ether oxygens (including phenoxy) is 1. The number of rotatable bonds is 3. The van der Waals surface area contributed by atoms with E-state index in [2.05, 4.69) is 5.32 Å². The Balaban J connectivity index is 1.90. The number of hydrogen-bond donors (Lipinski definition) is 1. The van der Waals surface area contributed by atoms with Crippen LogP contribution in [0.5, 0.6) is 0 Å². The lowest BCUT2D eigenvalue weighted by Gasteiger charge is -2.25. The first-order valence-corrected chi connectivity index (χ1v) is 6.79. The molecule has 1 saturated heterocycles. The fourth-order valence-corrected chi connectivity index (χ4v) is 2.56. The van der Waals surface area contributed by atoms with Gasteiger partial charge in [-0.1, -0.05) is 30.3 Å². The number of hydrogen-bond acceptors (Lipinski definition) is 3. The zero-order chi connectivity index (χ0) is 13.7. The third-order valence-corrected chi connectivity index (χ3v) is 3.65. The van der Waals surface area contributed by atoms with Gasteiger partial charge in [-0.3, -0.25) is 0 Å². The predicted molar refractivity (Wildman–Crippen MR) is 77.6 cm³/mol. The summed E-state index contributed by atoms with van der Waals surface area (Å²) in [4.78, 5) is 13.6. The Labute approximate surface area is 118 Å². The standard InChI is InChI=1S/C14H18N2O2S/c1-18-13(17)12-8-5-9-16(12)14(19)15-10-11-6-3-2-4-7-11/h2-4,6-7,12H,5,8-10H2,1H3,(H,15,19). The van der Waals surface area contributed by atoms with Gasteiger partial charge in [0.05, 0.1) is 7.11 Å². The monoisotopic (exact) mass is 278 g/mol. The second kappa shape index (κ2) is 6.52. The van der Waals surface area contributed by atoms with Gasteiger partial charge in [0.25, 0.3) is 0 Å². The van der Waals surface area contributed by atoms with E-state index in [4.69, 9.17) is 17.0 Å². The van der Waals surface area contributed by atoms with Crippen LogP contribution in [-0.2, 0) is 16.1 Å². The lowest BCUT2D eigenvalue weighted by Crippen LogP contribution is -2.45. The van der Waals surface area contributed by atoms with Crippen LogP contribution in [0.3, 0.4) is 0 Å². The van der Waals surface area contributed by atoms with Crippen LogP contribution in [0, 0.1) is 0 Å². The number of benzene rings is 1. The van der Waals surface area contributed by atoms with Gasteiger partial charge in [0, 0.05) is 13.1 Å². The van der Waals surface area contributed by atoms with Crippen molar-refractivity contribution in [2.75, 3.05) is 13.7 Å². The molecule has 1 aliphatic rings. The molecule has 0 aliphatic carbocycles. The van der Waals surface area contributed by atoms with Gasteiger partial charge in [-0.05, 0) is 30.6 Å². The fourth-order valence-electron chi connectivity index (χ4n) is 2.27.